The van der Waals surface area contributed by atoms with Gasteiger partial charge in [0.1, 0.15) is 0 Å². The lowest BCUT2D eigenvalue weighted by Gasteiger charge is -2.29. The molecule has 1 aliphatic heterocycles. The van der Waals surface area contributed by atoms with E-state index in [9.17, 15) is 18.3 Å². The van der Waals surface area contributed by atoms with Crippen molar-refractivity contribution in [3.8, 4) is 0 Å². The monoisotopic (exact) mass is 288 g/mol. The molecule has 0 aromatic heterocycles. The van der Waals surface area contributed by atoms with Crippen LogP contribution in [0.15, 0.2) is 24.3 Å². The zero-order valence-corrected chi connectivity index (χ0v) is 11.1. The lowest BCUT2D eigenvalue weighted by Crippen LogP contribution is -2.36. The largest absolute Gasteiger partial charge is 0.481 e. The molecule has 1 saturated heterocycles. The van der Waals surface area contributed by atoms with E-state index in [2.05, 4.69) is 0 Å². The Morgan fingerprint density at radius 1 is 1.33 bits per heavy atom. The smallest absolute Gasteiger partial charge is 0.308 e. The van der Waals surface area contributed by atoms with Crippen LogP contribution in [0.3, 0.4) is 0 Å². The Hall–Kier alpha value is -1.07. The van der Waals surface area contributed by atoms with Crippen molar-refractivity contribution in [3.05, 3.63) is 34.9 Å². The Morgan fingerprint density at radius 3 is 2.61 bits per heavy atom. The normalized spacial score (nSPS) is 26.7. The van der Waals surface area contributed by atoms with Crippen LogP contribution in [0.4, 0.5) is 0 Å². The van der Waals surface area contributed by atoms with Crippen LogP contribution in [-0.2, 0) is 14.6 Å². The predicted molar refractivity (Wildman–Crippen MR) is 68.6 cm³/mol. The highest BCUT2D eigenvalue weighted by Gasteiger charge is 2.39. The van der Waals surface area contributed by atoms with Gasteiger partial charge in [-0.2, -0.15) is 0 Å². The fourth-order valence-corrected chi connectivity index (χ4v) is 4.35. The number of carboxylic acids is 1. The summed E-state index contributed by atoms with van der Waals surface area (Å²) in [5.41, 5.74) is 0.724. The summed E-state index contributed by atoms with van der Waals surface area (Å²) in [5, 5.41) is 9.68. The number of rotatable bonds is 2. The molecular formula is C12H13ClO4S. The zero-order chi connectivity index (χ0) is 13.3. The first-order chi connectivity index (χ1) is 8.41. The second-order valence-corrected chi connectivity index (χ2v) is 7.11. The molecule has 0 radical (unpaired) electrons. The van der Waals surface area contributed by atoms with Gasteiger partial charge in [-0.3, -0.25) is 4.79 Å². The van der Waals surface area contributed by atoms with Crippen molar-refractivity contribution < 1.29 is 18.3 Å². The SMILES string of the molecule is O=C(O)C1CS(=O)(=O)CCC1c1ccccc1Cl. The maximum atomic E-state index is 11.5. The molecule has 1 aromatic carbocycles. The Kier molecular flexibility index (Phi) is 3.64. The van der Waals surface area contributed by atoms with Gasteiger partial charge in [0.25, 0.3) is 0 Å². The number of carbonyl (C=O) groups is 1. The van der Waals surface area contributed by atoms with E-state index in [0.29, 0.717) is 11.4 Å². The van der Waals surface area contributed by atoms with Crippen LogP contribution in [0.1, 0.15) is 17.9 Å². The van der Waals surface area contributed by atoms with Crippen LogP contribution >= 0.6 is 11.6 Å². The molecule has 0 aliphatic carbocycles. The Labute approximate surface area is 110 Å². The molecule has 18 heavy (non-hydrogen) atoms. The number of hydrogen-bond acceptors (Lipinski definition) is 3. The average molecular weight is 289 g/mol. The summed E-state index contributed by atoms with van der Waals surface area (Å²) < 4.78 is 23.1. The number of aliphatic carboxylic acids is 1. The van der Waals surface area contributed by atoms with E-state index in [1.165, 1.54) is 0 Å². The number of hydrogen-bond donors (Lipinski definition) is 1. The first kappa shape index (κ1) is 13.4. The predicted octanol–water partition coefficient (Wildman–Crippen LogP) is 1.94. The molecule has 2 unspecified atom stereocenters. The molecule has 2 atom stereocenters. The summed E-state index contributed by atoms with van der Waals surface area (Å²) >= 11 is 6.06. The summed E-state index contributed by atoms with van der Waals surface area (Å²) in [4.78, 5) is 11.2. The van der Waals surface area contributed by atoms with Gasteiger partial charge < -0.3 is 5.11 Å². The van der Waals surface area contributed by atoms with Crippen molar-refractivity contribution in [2.75, 3.05) is 11.5 Å². The van der Waals surface area contributed by atoms with E-state index in [1.807, 2.05) is 0 Å². The number of halogens is 1. The third kappa shape index (κ3) is 2.67. The minimum atomic E-state index is -3.25. The van der Waals surface area contributed by atoms with E-state index >= 15 is 0 Å². The summed E-state index contributed by atoms with van der Waals surface area (Å²) in [6.45, 7) is 0. The van der Waals surface area contributed by atoms with Gasteiger partial charge in [-0.25, -0.2) is 8.42 Å². The summed E-state index contributed by atoms with van der Waals surface area (Å²) in [7, 11) is -3.25. The van der Waals surface area contributed by atoms with E-state index in [1.54, 1.807) is 24.3 Å². The molecule has 0 bridgehead atoms. The van der Waals surface area contributed by atoms with Gasteiger partial charge in [-0.1, -0.05) is 29.8 Å². The zero-order valence-electron chi connectivity index (χ0n) is 9.54. The van der Waals surface area contributed by atoms with Crippen molar-refractivity contribution in [3.63, 3.8) is 0 Å². The van der Waals surface area contributed by atoms with Gasteiger partial charge in [0.15, 0.2) is 9.84 Å². The molecule has 1 N–H and O–H groups in total. The molecular weight excluding hydrogens is 276 g/mol. The van der Waals surface area contributed by atoms with Crippen molar-refractivity contribution >= 4 is 27.4 Å². The Balaban J connectivity index is 2.38. The molecule has 1 heterocycles. The molecule has 98 valence electrons. The Morgan fingerprint density at radius 2 is 2.00 bits per heavy atom. The maximum Gasteiger partial charge on any atom is 0.308 e. The van der Waals surface area contributed by atoms with Gasteiger partial charge in [-0.15, -0.1) is 0 Å². The van der Waals surface area contributed by atoms with Gasteiger partial charge >= 0.3 is 5.97 Å². The number of sulfone groups is 1. The highest BCUT2D eigenvalue weighted by atomic mass is 35.5. The van der Waals surface area contributed by atoms with Crippen molar-refractivity contribution in [2.45, 2.75) is 12.3 Å². The van der Waals surface area contributed by atoms with Crippen molar-refractivity contribution in [1.29, 1.82) is 0 Å². The minimum Gasteiger partial charge on any atom is -0.481 e. The molecule has 1 aliphatic rings. The fourth-order valence-electron chi connectivity index (χ4n) is 2.37. The maximum absolute atomic E-state index is 11.5. The van der Waals surface area contributed by atoms with Crippen LogP contribution in [0.25, 0.3) is 0 Å². The molecule has 0 spiro atoms. The fraction of sp³-hybridized carbons (Fsp3) is 0.417. The number of benzene rings is 1. The van der Waals surface area contributed by atoms with Crippen LogP contribution in [0.2, 0.25) is 5.02 Å². The van der Waals surface area contributed by atoms with Gasteiger partial charge in [0, 0.05) is 10.9 Å². The van der Waals surface area contributed by atoms with Gasteiger partial charge in [0.05, 0.1) is 17.4 Å². The second kappa shape index (κ2) is 4.90. The molecule has 1 fully saturated rings. The third-order valence-electron chi connectivity index (χ3n) is 3.28. The quantitative estimate of drug-likeness (QED) is 0.903. The molecule has 1 aromatic rings. The first-order valence-corrected chi connectivity index (χ1v) is 7.78. The van der Waals surface area contributed by atoms with Gasteiger partial charge in [-0.05, 0) is 18.1 Å². The lowest BCUT2D eigenvalue weighted by atomic mass is 9.84. The topological polar surface area (TPSA) is 71.4 Å². The first-order valence-electron chi connectivity index (χ1n) is 5.58. The Bertz CT molecular complexity index is 567. The van der Waals surface area contributed by atoms with Crippen molar-refractivity contribution in [1.82, 2.24) is 0 Å². The van der Waals surface area contributed by atoms with E-state index in [0.717, 1.165) is 5.56 Å². The lowest BCUT2D eigenvalue weighted by molar-refractivity contribution is -0.141. The van der Waals surface area contributed by atoms with E-state index < -0.39 is 21.7 Å². The van der Waals surface area contributed by atoms with Crippen LogP contribution in [0.5, 0.6) is 0 Å². The third-order valence-corrected chi connectivity index (χ3v) is 5.35. The minimum absolute atomic E-state index is 0.0205. The van der Waals surface area contributed by atoms with Crippen LogP contribution < -0.4 is 0 Å². The molecule has 0 saturated carbocycles. The van der Waals surface area contributed by atoms with Crippen molar-refractivity contribution in [2.24, 2.45) is 5.92 Å². The average Bonchev–Trinajstić information content (AvgIpc) is 2.29. The molecule has 4 nitrogen and oxygen atoms in total. The molecule has 2 rings (SSSR count). The molecule has 6 heteroatoms. The summed E-state index contributed by atoms with van der Waals surface area (Å²) in [5.74, 6) is -2.61. The number of carboxylic acid groups (broad SMARTS) is 1. The second-order valence-electron chi connectivity index (χ2n) is 4.48. The highest BCUT2D eigenvalue weighted by Crippen LogP contribution is 2.37. The van der Waals surface area contributed by atoms with Crippen LogP contribution in [0, 0.1) is 5.92 Å². The summed E-state index contributed by atoms with van der Waals surface area (Å²) in [6.07, 6.45) is 0.309. The van der Waals surface area contributed by atoms with E-state index in [-0.39, 0.29) is 17.4 Å². The van der Waals surface area contributed by atoms with E-state index in [4.69, 9.17) is 11.6 Å². The van der Waals surface area contributed by atoms with Gasteiger partial charge in [0.2, 0.25) is 0 Å². The van der Waals surface area contributed by atoms with Crippen LogP contribution in [-0.4, -0.2) is 31.0 Å². The standard InChI is InChI=1S/C12H13ClO4S/c13-11-4-2-1-3-9(11)8-5-6-18(16,17)7-10(8)12(14)15/h1-4,8,10H,5-7H2,(H,14,15). The highest BCUT2D eigenvalue weighted by molar-refractivity contribution is 7.91. The molecule has 0 amide bonds. The summed E-state index contributed by atoms with van der Waals surface area (Å²) in [6, 6.07) is 7.00.